The van der Waals surface area contributed by atoms with E-state index in [1.54, 1.807) is 6.20 Å². The van der Waals surface area contributed by atoms with Gasteiger partial charge in [-0.2, -0.15) is 0 Å². The molecule has 4 aromatic carbocycles. The summed E-state index contributed by atoms with van der Waals surface area (Å²) in [7, 11) is 0. The van der Waals surface area contributed by atoms with Crippen LogP contribution in [0.1, 0.15) is 0 Å². The molecule has 0 atom stereocenters. The highest BCUT2D eigenvalue weighted by molar-refractivity contribution is 6.10. The Bertz CT molecular complexity index is 2600. The number of hydrogen-bond acceptors (Lipinski definition) is 5. The van der Waals surface area contributed by atoms with Crippen LogP contribution < -0.4 is 0 Å². The van der Waals surface area contributed by atoms with Crippen molar-refractivity contribution in [1.82, 2.24) is 24.9 Å². The highest BCUT2D eigenvalue weighted by Gasteiger charge is 2.12. The second-order valence-corrected chi connectivity index (χ2v) is 11.4. The topological polar surface area (TPSA) is 64.5 Å². The zero-order valence-corrected chi connectivity index (χ0v) is 24.7. The zero-order chi connectivity index (χ0) is 30.5. The average Bonchev–Trinajstić information content (AvgIpc) is 3.14. The van der Waals surface area contributed by atoms with E-state index in [0.717, 1.165) is 88.5 Å². The van der Waals surface area contributed by atoms with Crippen molar-refractivity contribution in [2.75, 3.05) is 0 Å². The van der Waals surface area contributed by atoms with Gasteiger partial charge in [0.15, 0.2) is 0 Å². The lowest BCUT2D eigenvalue weighted by Gasteiger charge is -2.11. The smallest absolute Gasteiger partial charge is 0.0970 e. The number of aromatic nitrogens is 5. The molecule has 0 unspecified atom stereocenters. The van der Waals surface area contributed by atoms with E-state index in [9.17, 15) is 0 Å². The molecule has 0 bridgehead atoms. The molecule has 46 heavy (non-hydrogen) atoms. The molecule has 0 saturated carbocycles. The highest BCUT2D eigenvalue weighted by Crippen LogP contribution is 2.35. The van der Waals surface area contributed by atoms with E-state index in [1.165, 1.54) is 0 Å². The highest BCUT2D eigenvalue weighted by atomic mass is 14.8. The van der Waals surface area contributed by atoms with Gasteiger partial charge in [-0.05, 0) is 89.0 Å². The maximum atomic E-state index is 5.08. The fourth-order valence-corrected chi connectivity index (χ4v) is 6.28. The number of benzene rings is 4. The van der Waals surface area contributed by atoms with Gasteiger partial charge in [-0.15, -0.1) is 0 Å². The summed E-state index contributed by atoms with van der Waals surface area (Å²) in [5.41, 5.74) is 12.0. The van der Waals surface area contributed by atoms with Gasteiger partial charge in [0.1, 0.15) is 0 Å². The lowest BCUT2D eigenvalue weighted by Crippen LogP contribution is -1.90. The normalized spacial score (nSPS) is 11.5. The Kier molecular flexibility index (Phi) is 6.06. The fraction of sp³-hybridized carbons (Fsp3) is 0. The van der Waals surface area contributed by atoms with Gasteiger partial charge >= 0.3 is 0 Å². The first-order valence-electron chi connectivity index (χ1n) is 15.2. The largest absolute Gasteiger partial charge is 0.255 e. The van der Waals surface area contributed by atoms with Crippen molar-refractivity contribution in [3.8, 4) is 44.9 Å². The van der Waals surface area contributed by atoms with Gasteiger partial charge in [0.2, 0.25) is 0 Å². The van der Waals surface area contributed by atoms with Crippen LogP contribution in [-0.4, -0.2) is 24.9 Å². The summed E-state index contributed by atoms with van der Waals surface area (Å²) in [6.45, 7) is 0. The molecule has 9 rings (SSSR count). The van der Waals surface area contributed by atoms with E-state index in [4.69, 9.17) is 9.97 Å². The summed E-state index contributed by atoms with van der Waals surface area (Å²) in [5.74, 6) is 0. The standard InChI is InChI=1S/C41H25N5/c1-2-19-42-37(10-1)38-18-13-26-11-12-28(25-39(26)46-38)27-14-16-36-31(22-27)15-17-35(45-36)30-7-3-6-29(23-30)34-24-32-8-4-20-43-40(32)41-33(34)9-5-21-44-41/h1-25H. The van der Waals surface area contributed by atoms with Crippen LogP contribution in [-0.2, 0) is 0 Å². The molecule has 0 saturated heterocycles. The molecule has 0 N–H and O–H groups in total. The number of rotatable bonds is 4. The molecule has 0 radical (unpaired) electrons. The van der Waals surface area contributed by atoms with E-state index in [1.807, 2.05) is 48.8 Å². The first-order chi connectivity index (χ1) is 22.8. The Balaban J connectivity index is 1.07. The minimum Gasteiger partial charge on any atom is -0.255 e. The molecule has 0 fully saturated rings. The minimum atomic E-state index is 0.868. The van der Waals surface area contributed by atoms with Crippen molar-refractivity contribution in [3.05, 3.63) is 152 Å². The SMILES string of the molecule is c1ccc(-c2ccc3ccc(-c4ccc5nc(-c6cccc(-c7cc8cccnc8c8ncccc78)c6)ccc5c4)cc3n2)nc1. The maximum absolute atomic E-state index is 5.08. The van der Waals surface area contributed by atoms with E-state index >= 15 is 0 Å². The molecule has 0 aliphatic heterocycles. The maximum Gasteiger partial charge on any atom is 0.0970 e. The third kappa shape index (κ3) is 4.54. The van der Waals surface area contributed by atoms with E-state index < -0.39 is 0 Å². The van der Waals surface area contributed by atoms with Gasteiger partial charge in [0, 0.05) is 45.7 Å². The first kappa shape index (κ1) is 26.1. The van der Waals surface area contributed by atoms with Crippen molar-refractivity contribution in [2.45, 2.75) is 0 Å². The summed E-state index contributed by atoms with van der Waals surface area (Å²) in [4.78, 5) is 23.8. The Hall–Kier alpha value is -6.33. The van der Waals surface area contributed by atoms with Crippen molar-refractivity contribution in [3.63, 3.8) is 0 Å². The van der Waals surface area contributed by atoms with E-state index in [2.05, 4.69) is 112 Å². The van der Waals surface area contributed by atoms with Crippen molar-refractivity contribution in [1.29, 1.82) is 0 Å². The molecule has 9 aromatic rings. The second-order valence-electron chi connectivity index (χ2n) is 11.4. The molecular weight excluding hydrogens is 562 g/mol. The molecule has 214 valence electrons. The molecule has 0 spiro atoms. The third-order valence-corrected chi connectivity index (χ3v) is 8.57. The molecule has 5 aromatic heterocycles. The predicted molar refractivity (Wildman–Crippen MR) is 187 cm³/mol. The molecule has 0 amide bonds. The van der Waals surface area contributed by atoms with Crippen molar-refractivity contribution < 1.29 is 0 Å². The molecule has 5 nitrogen and oxygen atoms in total. The summed E-state index contributed by atoms with van der Waals surface area (Å²) < 4.78 is 0. The summed E-state index contributed by atoms with van der Waals surface area (Å²) in [5, 5.41) is 4.35. The monoisotopic (exact) mass is 587 g/mol. The van der Waals surface area contributed by atoms with Crippen LogP contribution in [0.25, 0.3) is 88.5 Å². The number of nitrogens with zero attached hydrogens (tertiary/aromatic N) is 5. The van der Waals surface area contributed by atoms with Gasteiger partial charge in [-0.25, -0.2) is 9.97 Å². The average molecular weight is 588 g/mol. The van der Waals surface area contributed by atoms with Crippen LogP contribution in [0.5, 0.6) is 0 Å². The number of pyridine rings is 5. The van der Waals surface area contributed by atoms with Gasteiger partial charge in [0.05, 0.1) is 39.1 Å². The minimum absolute atomic E-state index is 0.868. The lowest BCUT2D eigenvalue weighted by molar-refractivity contribution is 1.28. The second kappa shape index (κ2) is 10.7. The lowest BCUT2D eigenvalue weighted by atomic mass is 9.95. The summed E-state index contributed by atoms with van der Waals surface area (Å²) in [6, 6.07) is 46.1. The van der Waals surface area contributed by atoms with Crippen molar-refractivity contribution in [2.24, 2.45) is 0 Å². The molecule has 0 aliphatic carbocycles. The van der Waals surface area contributed by atoms with Gasteiger partial charge in [-0.1, -0.05) is 66.7 Å². The first-order valence-corrected chi connectivity index (χ1v) is 15.2. The Labute approximate surface area is 264 Å². The number of fused-ring (bicyclic) bond motifs is 5. The van der Waals surface area contributed by atoms with Gasteiger partial charge < -0.3 is 0 Å². The van der Waals surface area contributed by atoms with Gasteiger partial charge in [-0.3, -0.25) is 15.0 Å². The van der Waals surface area contributed by atoms with Crippen LogP contribution in [0, 0.1) is 0 Å². The van der Waals surface area contributed by atoms with Crippen LogP contribution in [0.2, 0.25) is 0 Å². The molecule has 5 heteroatoms. The Morgan fingerprint density at radius 3 is 2.04 bits per heavy atom. The summed E-state index contributed by atoms with van der Waals surface area (Å²) >= 11 is 0. The molecular formula is C41H25N5. The molecule has 0 aliphatic rings. The predicted octanol–water partition coefficient (Wildman–Crippen LogP) is 9.94. The van der Waals surface area contributed by atoms with Crippen LogP contribution in [0.3, 0.4) is 0 Å². The number of hydrogen-bond donors (Lipinski definition) is 0. The van der Waals surface area contributed by atoms with Crippen LogP contribution in [0.4, 0.5) is 0 Å². The Morgan fingerprint density at radius 2 is 1.11 bits per heavy atom. The quantitative estimate of drug-likeness (QED) is 0.192. The van der Waals surface area contributed by atoms with Crippen LogP contribution in [0.15, 0.2) is 152 Å². The van der Waals surface area contributed by atoms with Crippen molar-refractivity contribution >= 4 is 43.6 Å². The van der Waals surface area contributed by atoms with E-state index in [-0.39, 0.29) is 0 Å². The van der Waals surface area contributed by atoms with Crippen LogP contribution >= 0.6 is 0 Å². The van der Waals surface area contributed by atoms with E-state index in [0.29, 0.717) is 0 Å². The zero-order valence-electron chi connectivity index (χ0n) is 24.7. The molecule has 5 heterocycles. The third-order valence-electron chi connectivity index (χ3n) is 8.57. The summed E-state index contributed by atoms with van der Waals surface area (Å²) in [6.07, 6.45) is 5.45. The van der Waals surface area contributed by atoms with Gasteiger partial charge in [0.25, 0.3) is 0 Å². The fourth-order valence-electron chi connectivity index (χ4n) is 6.28. The Morgan fingerprint density at radius 1 is 0.348 bits per heavy atom.